The molecule has 2 fully saturated rings. The van der Waals surface area contributed by atoms with Crippen molar-refractivity contribution < 1.29 is 13.2 Å². The lowest BCUT2D eigenvalue weighted by molar-refractivity contribution is -0.136. The molecule has 0 aromatic heterocycles. The largest absolute Gasteiger partial charge is 0.342 e. The number of sulfonamides is 1. The Labute approximate surface area is 161 Å². The molecule has 0 radical (unpaired) electrons. The number of benzene rings is 1. The van der Waals surface area contributed by atoms with Crippen LogP contribution in [0, 0.1) is 12.8 Å². The SMILES string of the molecule is Cc1ccccc1[C@H]1CCN(C(=O)C2CCN(S(C)(=O)=O)CC2)CCS1. The number of thioether (sulfide) groups is 1. The van der Waals surface area contributed by atoms with Crippen LogP contribution in [0.2, 0.25) is 0 Å². The van der Waals surface area contributed by atoms with Gasteiger partial charge in [-0.25, -0.2) is 12.7 Å². The van der Waals surface area contributed by atoms with E-state index in [2.05, 4.69) is 31.2 Å². The second kappa shape index (κ2) is 8.31. The number of rotatable bonds is 3. The number of carbonyl (C=O) groups excluding carboxylic acids is 1. The van der Waals surface area contributed by atoms with Crippen molar-refractivity contribution in [2.75, 3.05) is 38.2 Å². The van der Waals surface area contributed by atoms with Crippen molar-refractivity contribution >= 4 is 27.7 Å². The van der Waals surface area contributed by atoms with Crippen molar-refractivity contribution in [2.45, 2.75) is 31.4 Å². The second-order valence-electron chi connectivity index (χ2n) is 7.27. The van der Waals surface area contributed by atoms with E-state index in [0.717, 1.165) is 25.3 Å². The molecule has 1 atom stereocenters. The molecular formula is C19H28N2O3S2. The van der Waals surface area contributed by atoms with Crippen LogP contribution in [0.25, 0.3) is 0 Å². The molecule has 2 aliphatic rings. The second-order valence-corrected chi connectivity index (χ2v) is 10.6. The van der Waals surface area contributed by atoms with E-state index in [1.807, 2.05) is 16.7 Å². The topological polar surface area (TPSA) is 57.7 Å². The van der Waals surface area contributed by atoms with Gasteiger partial charge in [0.25, 0.3) is 0 Å². The smallest absolute Gasteiger partial charge is 0.225 e. The number of amides is 1. The molecule has 1 aromatic rings. The Morgan fingerprint density at radius 2 is 1.77 bits per heavy atom. The van der Waals surface area contributed by atoms with Crippen LogP contribution < -0.4 is 0 Å². The van der Waals surface area contributed by atoms with Crippen molar-refractivity contribution in [1.29, 1.82) is 0 Å². The highest BCUT2D eigenvalue weighted by molar-refractivity contribution is 7.99. The van der Waals surface area contributed by atoms with Crippen LogP contribution >= 0.6 is 11.8 Å². The molecule has 7 heteroatoms. The zero-order valence-corrected chi connectivity index (χ0v) is 17.2. The molecule has 0 saturated carbocycles. The number of hydrogen-bond acceptors (Lipinski definition) is 4. The molecule has 0 spiro atoms. The van der Waals surface area contributed by atoms with Crippen LogP contribution in [0.1, 0.15) is 35.6 Å². The van der Waals surface area contributed by atoms with Gasteiger partial charge >= 0.3 is 0 Å². The minimum Gasteiger partial charge on any atom is -0.342 e. The Morgan fingerprint density at radius 3 is 2.42 bits per heavy atom. The predicted molar refractivity (Wildman–Crippen MR) is 107 cm³/mol. The third-order valence-corrected chi connectivity index (χ3v) is 8.07. The zero-order valence-electron chi connectivity index (χ0n) is 15.6. The molecule has 2 saturated heterocycles. The van der Waals surface area contributed by atoms with Gasteiger partial charge in [-0.05, 0) is 37.3 Å². The highest BCUT2D eigenvalue weighted by Crippen LogP contribution is 2.36. The maximum atomic E-state index is 12.9. The first-order valence-electron chi connectivity index (χ1n) is 9.27. The van der Waals surface area contributed by atoms with Crippen molar-refractivity contribution in [3.8, 4) is 0 Å². The molecule has 1 amide bonds. The van der Waals surface area contributed by atoms with Gasteiger partial charge < -0.3 is 4.90 Å². The van der Waals surface area contributed by atoms with Gasteiger partial charge in [-0.3, -0.25) is 4.79 Å². The Balaban J connectivity index is 1.58. The molecule has 3 rings (SSSR count). The molecule has 2 heterocycles. The fourth-order valence-corrected chi connectivity index (χ4v) is 6.08. The van der Waals surface area contributed by atoms with E-state index in [1.54, 1.807) is 0 Å². The average Bonchev–Trinajstić information content (AvgIpc) is 2.87. The van der Waals surface area contributed by atoms with E-state index in [9.17, 15) is 13.2 Å². The highest BCUT2D eigenvalue weighted by Gasteiger charge is 2.32. The number of piperidine rings is 1. The molecule has 1 aromatic carbocycles. The first-order valence-corrected chi connectivity index (χ1v) is 12.2. The van der Waals surface area contributed by atoms with Gasteiger partial charge in [-0.15, -0.1) is 0 Å². The monoisotopic (exact) mass is 396 g/mol. The molecule has 144 valence electrons. The van der Waals surface area contributed by atoms with Gasteiger partial charge in [0.1, 0.15) is 0 Å². The number of carbonyl (C=O) groups is 1. The summed E-state index contributed by atoms with van der Waals surface area (Å²) in [6.07, 6.45) is 3.49. The fraction of sp³-hybridized carbons (Fsp3) is 0.632. The quantitative estimate of drug-likeness (QED) is 0.788. The van der Waals surface area contributed by atoms with Gasteiger partial charge in [-0.2, -0.15) is 11.8 Å². The van der Waals surface area contributed by atoms with E-state index in [0.29, 0.717) is 31.2 Å². The van der Waals surface area contributed by atoms with E-state index in [1.165, 1.54) is 21.7 Å². The first kappa shape index (κ1) is 19.7. The third kappa shape index (κ3) is 4.61. The average molecular weight is 397 g/mol. The normalized spacial score (nSPS) is 23.6. The van der Waals surface area contributed by atoms with Crippen LogP contribution in [0.3, 0.4) is 0 Å². The molecule has 2 aliphatic heterocycles. The standard InChI is InChI=1S/C19H28N2O3S2/c1-15-5-3-4-6-17(15)18-9-10-20(13-14-25-18)19(22)16-7-11-21(12-8-16)26(2,23)24/h3-6,16,18H,7-14H2,1-2H3/t18-/m1/s1. The van der Waals surface area contributed by atoms with E-state index in [-0.39, 0.29) is 11.8 Å². The van der Waals surface area contributed by atoms with Gasteiger partial charge in [0.15, 0.2) is 0 Å². The molecule has 0 bridgehead atoms. The lowest BCUT2D eigenvalue weighted by atomic mass is 9.96. The fourth-order valence-electron chi connectivity index (χ4n) is 3.88. The van der Waals surface area contributed by atoms with Crippen LogP contribution in [0.5, 0.6) is 0 Å². The molecule has 0 N–H and O–H groups in total. The summed E-state index contributed by atoms with van der Waals surface area (Å²) < 4.78 is 24.8. The summed E-state index contributed by atoms with van der Waals surface area (Å²) in [5.41, 5.74) is 2.70. The van der Waals surface area contributed by atoms with Crippen LogP contribution in [0.15, 0.2) is 24.3 Å². The third-order valence-electron chi connectivity index (χ3n) is 5.46. The summed E-state index contributed by atoms with van der Waals surface area (Å²) in [5, 5.41) is 0.445. The van der Waals surface area contributed by atoms with Crippen molar-refractivity contribution in [1.82, 2.24) is 9.21 Å². The lowest BCUT2D eigenvalue weighted by Crippen LogP contribution is -2.44. The van der Waals surface area contributed by atoms with Crippen molar-refractivity contribution in [3.63, 3.8) is 0 Å². The number of hydrogen-bond donors (Lipinski definition) is 0. The Hall–Kier alpha value is -1.05. The Kier molecular flexibility index (Phi) is 6.30. The maximum absolute atomic E-state index is 12.9. The maximum Gasteiger partial charge on any atom is 0.225 e. The van der Waals surface area contributed by atoms with Gasteiger partial charge in [0, 0.05) is 43.1 Å². The predicted octanol–water partition coefficient (Wildman–Crippen LogP) is 2.67. The van der Waals surface area contributed by atoms with Gasteiger partial charge in [0.2, 0.25) is 15.9 Å². The summed E-state index contributed by atoms with van der Waals surface area (Å²) in [4.78, 5) is 14.9. The Morgan fingerprint density at radius 1 is 1.08 bits per heavy atom. The number of nitrogens with zero attached hydrogens (tertiary/aromatic N) is 2. The molecular weight excluding hydrogens is 368 g/mol. The van der Waals surface area contributed by atoms with E-state index >= 15 is 0 Å². The lowest BCUT2D eigenvalue weighted by Gasteiger charge is -2.32. The summed E-state index contributed by atoms with van der Waals surface area (Å²) in [7, 11) is -3.14. The van der Waals surface area contributed by atoms with Crippen molar-refractivity contribution in [3.05, 3.63) is 35.4 Å². The van der Waals surface area contributed by atoms with Crippen LogP contribution in [0.4, 0.5) is 0 Å². The minimum absolute atomic E-state index is 0.0342. The summed E-state index contributed by atoms with van der Waals surface area (Å²) in [5.74, 6) is 1.13. The molecule has 26 heavy (non-hydrogen) atoms. The number of aryl methyl sites for hydroxylation is 1. The van der Waals surface area contributed by atoms with E-state index in [4.69, 9.17) is 0 Å². The van der Waals surface area contributed by atoms with Crippen LogP contribution in [-0.2, 0) is 14.8 Å². The highest BCUT2D eigenvalue weighted by atomic mass is 32.2. The summed E-state index contributed by atoms with van der Waals surface area (Å²) in [6, 6.07) is 8.51. The summed E-state index contributed by atoms with van der Waals surface area (Å²) in [6.45, 7) is 4.65. The molecule has 0 unspecified atom stereocenters. The van der Waals surface area contributed by atoms with Crippen LogP contribution in [-0.4, -0.2) is 61.7 Å². The zero-order chi connectivity index (χ0) is 18.7. The Bertz CT molecular complexity index is 743. The molecule has 0 aliphatic carbocycles. The van der Waals surface area contributed by atoms with Gasteiger partial charge in [-0.1, -0.05) is 24.3 Å². The first-order chi connectivity index (χ1) is 12.4. The van der Waals surface area contributed by atoms with E-state index < -0.39 is 10.0 Å². The minimum atomic E-state index is -3.14. The summed E-state index contributed by atoms with van der Waals surface area (Å²) >= 11 is 1.94. The van der Waals surface area contributed by atoms with Crippen molar-refractivity contribution in [2.24, 2.45) is 5.92 Å². The molecule has 5 nitrogen and oxygen atoms in total. The van der Waals surface area contributed by atoms with Gasteiger partial charge in [0.05, 0.1) is 6.26 Å².